The SMILES string of the molecule is COc1ccncc1C(O)(c1nc2ccc(Br)cc2s1)C(C)C. The Morgan fingerprint density at radius 1 is 1.30 bits per heavy atom. The van der Waals surface area contributed by atoms with Gasteiger partial charge in [0, 0.05) is 16.9 Å². The van der Waals surface area contributed by atoms with Gasteiger partial charge in [0.05, 0.1) is 22.9 Å². The van der Waals surface area contributed by atoms with Gasteiger partial charge in [-0.15, -0.1) is 11.3 Å². The van der Waals surface area contributed by atoms with E-state index in [1.54, 1.807) is 25.6 Å². The van der Waals surface area contributed by atoms with Crippen molar-refractivity contribution in [2.75, 3.05) is 7.11 Å². The van der Waals surface area contributed by atoms with Crippen molar-refractivity contribution in [2.45, 2.75) is 19.4 Å². The fourth-order valence-electron chi connectivity index (χ4n) is 2.58. The molecule has 2 aromatic heterocycles. The normalized spacial score (nSPS) is 14.2. The number of ether oxygens (including phenoxy) is 1. The molecule has 0 aliphatic heterocycles. The number of methoxy groups -OCH3 is 1. The maximum Gasteiger partial charge on any atom is 0.148 e. The summed E-state index contributed by atoms with van der Waals surface area (Å²) in [6.45, 7) is 3.93. The van der Waals surface area contributed by atoms with E-state index < -0.39 is 5.60 Å². The van der Waals surface area contributed by atoms with Crippen molar-refractivity contribution < 1.29 is 9.84 Å². The smallest absolute Gasteiger partial charge is 0.148 e. The van der Waals surface area contributed by atoms with Gasteiger partial charge in [-0.05, 0) is 30.2 Å². The molecule has 3 aromatic rings. The zero-order valence-corrected chi connectivity index (χ0v) is 15.5. The molecular formula is C17H17BrN2O2S. The molecule has 0 aliphatic rings. The van der Waals surface area contributed by atoms with Crippen LogP contribution in [0, 0.1) is 5.92 Å². The van der Waals surface area contributed by atoms with Crippen molar-refractivity contribution in [1.29, 1.82) is 0 Å². The van der Waals surface area contributed by atoms with E-state index in [0.717, 1.165) is 14.7 Å². The van der Waals surface area contributed by atoms with E-state index in [1.165, 1.54) is 11.3 Å². The third-order valence-corrected chi connectivity index (χ3v) is 5.56. The minimum atomic E-state index is -1.25. The van der Waals surface area contributed by atoms with Gasteiger partial charge in [-0.1, -0.05) is 29.8 Å². The van der Waals surface area contributed by atoms with Crippen LogP contribution < -0.4 is 4.74 Å². The maximum atomic E-state index is 11.5. The number of pyridine rings is 1. The molecule has 0 bridgehead atoms. The first-order valence-electron chi connectivity index (χ1n) is 7.24. The number of nitrogens with zero attached hydrogens (tertiary/aromatic N) is 2. The molecule has 0 amide bonds. The van der Waals surface area contributed by atoms with Crippen LogP contribution in [0.1, 0.15) is 24.4 Å². The third kappa shape index (κ3) is 2.75. The number of hydrogen-bond donors (Lipinski definition) is 1. The molecular weight excluding hydrogens is 376 g/mol. The van der Waals surface area contributed by atoms with Gasteiger partial charge in [0.15, 0.2) is 0 Å². The van der Waals surface area contributed by atoms with E-state index in [4.69, 9.17) is 4.74 Å². The molecule has 0 spiro atoms. The predicted octanol–water partition coefficient (Wildman–Crippen LogP) is 4.35. The molecule has 3 rings (SSSR count). The monoisotopic (exact) mass is 392 g/mol. The Kier molecular flexibility index (Phi) is 4.40. The number of thiazole rings is 1. The highest BCUT2D eigenvalue weighted by Gasteiger charge is 2.41. The first kappa shape index (κ1) is 16.4. The second kappa shape index (κ2) is 6.19. The highest BCUT2D eigenvalue weighted by atomic mass is 79.9. The van der Waals surface area contributed by atoms with Crippen molar-refractivity contribution >= 4 is 37.5 Å². The first-order valence-corrected chi connectivity index (χ1v) is 8.85. The molecule has 0 saturated carbocycles. The average molecular weight is 393 g/mol. The van der Waals surface area contributed by atoms with Crippen molar-refractivity contribution in [1.82, 2.24) is 9.97 Å². The largest absolute Gasteiger partial charge is 0.496 e. The average Bonchev–Trinajstić information content (AvgIpc) is 2.97. The van der Waals surface area contributed by atoms with Crippen LogP contribution in [0.15, 0.2) is 41.1 Å². The zero-order valence-electron chi connectivity index (χ0n) is 13.1. The summed E-state index contributed by atoms with van der Waals surface area (Å²) in [7, 11) is 1.59. The van der Waals surface area contributed by atoms with Gasteiger partial charge < -0.3 is 9.84 Å². The minimum absolute atomic E-state index is 0.0930. The number of aliphatic hydroxyl groups is 1. The summed E-state index contributed by atoms with van der Waals surface area (Å²) in [5.74, 6) is 0.515. The summed E-state index contributed by atoms with van der Waals surface area (Å²) in [6, 6.07) is 7.66. The van der Waals surface area contributed by atoms with Gasteiger partial charge in [0.1, 0.15) is 16.4 Å². The Morgan fingerprint density at radius 2 is 2.09 bits per heavy atom. The van der Waals surface area contributed by atoms with Crippen molar-refractivity contribution in [3.63, 3.8) is 0 Å². The summed E-state index contributed by atoms with van der Waals surface area (Å²) in [5, 5.41) is 12.2. The summed E-state index contributed by atoms with van der Waals surface area (Å²) in [5.41, 5.74) is 0.251. The van der Waals surface area contributed by atoms with Crippen LogP contribution in [0.4, 0.5) is 0 Å². The second-order valence-corrected chi connectivity index (χ2v) is 7.57. The predicted molar refractivity (Wildman–Crippen MR) is 95.9 cm³/mol. The molecule has 0 radical (unpaired) electrons. The summed E-state index contributed by atoms with van der Waals surface area (Å²) < 4.78 is 7.44. The fraction of sp³-hybridized carbons (Fsp3) is 0.294. The molecule has 1 N–H and O–H groups in total. The lowest BCUT2D eigenvalue weighted by molar-refractivity contribution is 0.0291. The number of aromatic nitrogens is 2. The van der Waals surface area contributed by atoms with Crippen LogP contribution in [0.5, 0.6) is 5.75 Å². The van der Waals surface area contributed by atoms with E-state index in [-0.39, 0.29) is 5.92 Å². The molecule has 4 nitrogen and oxygen atoms in total. The van der Waals surface area contributed by atoms with E-state index in [2.05, 4.69) is 25.9 Å². The fourth-order valence-corrected chi connectivity index (χ4v) is 4.35. The third-order valence-electron chi connectivity index (χ3n) is 3.92. The molecule has 1 unspecified atom stereocenters. The molecule has 0 fully saturated rings. The highest BCUT2D eigenvalue weighted by molar-refractivity contribution is 9.10. The molecule has 6 heteroatoms. The Balaban J connectivity index is 2.23. The van der Waals surface area contributed by atoms with Gasteiger partial charge >= 0.3 is 0 Å². The van der Waals surface area contributed by atoms with Crippen molar-refractivity contribution in [3.8, 4) is 5.75 Å². The molecule has 1 aromatic carbocycles. The van der Waals surface area contributed by atoms with Gasteiger partial charge in [0.25, 0.3) is 0 Å². The van der Waals surface area contributed by atoms with Gasteiger partial charge in [0.2, 0.25) is 0 Å². The van der Waals surface area contributed by atoms with Crippen LogP contribution in [0.2, 0.25) is 0 Å². The Hall–Kier alpha value is -1.50. The topological polar surface area (TPSA) is 55.2 Å². The van der Waals surface area contributed by atoms with Crippen molar-refractivity contribution in [2.24, 2.45) is 5.92 Å². The first-order chi connectivity index (χ1) is 11.0. The lowest BCUT2D eigenvalue weighted by Gasteiger charge is -2.31. The standard InChI is InChI=1S/C17H17BrN2O2S/c1-10(2)17(21,12-9-19-7-6-14(12)22-3)16-20-13-5-4-11(18)8-15(13)23-16/h4-10,21H,1-3H3. The van der Waals surface area contributed by atoms with E-state index >= 15 is 0 Å². The second-order valence-electron chi connectivity index (χ2n) is 5.63. The van der Waals surface area contributed by atoms with Crippen LogP contribution in [-0.4, -0.2) is 22.2 Å². The Bertz CT molecular complexity index is 849. The number of benzene rings is 1. The lowest BCUT2D eigenvalue weighted by Crippen LogP contribution is -2.34. The molecule has 2 heterocycles. The molecule has 0 saturated heterocycles. The van der Waals surface area contributed by atoms with Crippen molar-refractivity contribution in [3.05, 3.63) is 51.7 Å². The van der Waals surface area contributed by atoms with Crippen LogP contribution in [0.25, 0.3) is 10.2 Å². The van der Waals surface area contributed by atoms with E-state index in [1.807, 2.05) is 32.0 Å². The van der Waals surface area contributed by atoms with E-state index in [9.17, 15) is 5.11 Å². The molecule has 23 heavy (non-hydrogen) atoms. The van der Waals surface area contributed by atoms with Gasteiger partial charge in [-0.3, -0.25) is 4.98 Å². The molecule has 120 valence electrons. The molecule has 0 aliphatic carbocycles. The number of rotatable bonds is 4. The Morgan fingerprint density at radius 3 is 2.78 bits per heavy atom. The van der Waals surface area contributed by atoms with Crippen LogP contribution >= 0.6 is 27.3 Å². The van der Waals surface area contributed by atoms with Gasteiger partial charge in [-0.2, -0.15) is 0 Å². The quantitative estimate of drug-likeness (QED) is 0.716. The van der Waals surface area contributed by atoms with Crippen LogP contribution in [-0.2, 0) is 5.60 Å². The van der Waals surface area contributed by atoms with Gasteiger partial charge in [-0.25, -0.2) is 4.98 Å². The Labute approximate surface area is 147 Å². The van der Waals surface area contributed by atoms with E-state index in [0.29, 0.717) is 16.3 Å². The number of halogens is 1. The number of hydrogen-bond acceptors (Lipinski definition) is 5. The number of fused-ring (bicyclic) bond motifs is 1. The summed E-state index contributed by atoms with van der Waals surface area (Å²) in [6.07, 6.45) is 3.30. The van der Waals surface area contributed by atoms with Crippen LogP contribution in [0.3, 0.4) is 0 Å². The molecule has 1 atom stereocenters. The zero-order chi connectivity index (χ0) is 16.6. The minimum Gasteiger partial charge on any atom is -0.496 e. The lowest BCUT2D eigenvalue weighted by atomic mass is 9.84. The highest BCUT2D eigenvalue weighted by Crippen LogP contribution is 2.43. The summed E-state index contributed by atoms with van der Waals surface area (Å²) >= 11 is 4.96. The maximum absolute atomic E-state index is 11.5. The summed E-state index contributed by atoms with van der Waals surface area (Å²) in [4.78, 5) is 8.83.